The lowest BCUT2D eigenvalue weighted by atomic mass is 10.2. The maximum atomic E-state index is 12.3. The zero-order chi connectivity index (χ0) is 12.6. The van der Waals surface area contributed by atoms with Crippen LogP contribution in [0.3, 0.4) is 0 Å². The molecule has 1 saturated heterocycles. The number of halogens is 1. The number of β-amino-alcohol motifs (C(OH)–C–C–N with tert-alkyl or cyclic N) is 1. The van der Waals surface area contributed by atoms with Gasteiger partial charge in [0.2, 0.25) is 10.0 Å². The minimum atomic E-state index is -3.54. The Morgan fingerprint density at radius 2 is 2.18 bits per heavy atom. The maximum Gasteiger partial charge on any atom is 0.243 e. The molecule has 94 valence electrons. The van der Waals surface area contributed by atoms with Crippen LogP contribution in [0.2, 0.25) is 5.02 Å². The molecule has 0 bridgehead atoms. The SMILES string of the molecule is Cc1c(Cl)cccc1S(=O)(=O)N1CC[C@@H](O)C1. The van der Waals surface area contributed by atoms with E-state index in [2.05, 4.69) is 0 Å². The summed E-state index contributed by atoms with van der Waals surface area (Å²) < 4.78 is 25.9. The molecule has 1 aliphatic rings. The largest absolute Gasteiger partial charge is 0.392 e. The fraction of sp³-hybridized carbons (Fsp3) is 0.455. The van der Waals surface area contributed by atoms with Gasteiger partial charge in [-0.15, -0.1) is 0 Å². The number of aliphatic hydroxyl groups is 1. The minimum absolute atomic E-state index is 0.161. The molecule has 1 N–H and O–H groups in total. The average molecular weight is 276 g/mol. The fourth-order valence-electron chi connectivity index (χ4n) is 1.94. The molecule has 17 heavy (non-hydrogen) atoms. The Hall–Kier alpha value is -0.620. The van der Waals surface area contributed by atoms with Crippen molar-refractivity contribution in [2.75, 3.05) is 13.1 Å². The third-order valence-corrected chi connectivity index (χ3v) is 5.38. The number of aliphatic hydroxyl groups excluding tert-OH is 1. The van der Waals surface area contributed by atoms with Crippen LogP contribution in [-0.4, -0.2) is 37.0 Å². The van der Waals surface area contributed by atoms with Gasteiger partial charge in [-0.05, 0) is 31.0 Å². The van der Waals surface area contributed by atoms with Gasteiger partial charge in [-0.2, -0.15) is 4.31 Å². The van der Waals surface area contributed by atoms with Gasteiger partial charge in [0.25, 0.3) is 0 Å². The van der Waals surface area contributed by atoms with Crippen molar-refractivity contribution in [2.24, 2.45) is 0 Å². The summed E-state index contributed by atoms with van der Waals surface area (Å²) in [5, 5.41) is 9.84. The Morgan fingerprint density at radius 1 is 1.47 bits per heavy atom. The van der Waals surface area contributed by atoms with Crippen LogP contribution in [0.15, 0.2) is 23.1 Å². The summed E-state index contributed by atoms with van der Waals surface area (Å²) in [5.74, 6) is 0. The number of hydrogen-bond acceptors (Lipinski definition) is 3. The molecule has 4 nitrogen and oxygen atoms in total. The van der Waals surface area contributed by atoms with E-state index in [-0.39, 0.29) is 11.4 Å². The topological polar surface area (TPSA) is 57.6 Å². The van der Waals surface area contributed by atoms with Crippen molar-refractivity contribution in [1.82, 2.24) is 4.31 Å². The third-order valence-electron chi connectivity index (χ3n) is 2.96. The molecule has 2 rings (SSSR count). The lowest BCUT2D eigenvalue weighted by molar-refractivity contribution is 0.189. The van der Waals surface area contributed by atoms with E-state index in [1.54, 1.807) is 25.1 Å². The van der Waals surface area contributed by atoms with Crippen molar-refractivity contribution < 1.29 is 13.5 Å². The van der Waals surface area contributed by atoms with Crippen LogP contribution in [0.5, 0.6) is 0 Å². The van der Waals surface area contributed by atoms with Crippen molar-refractivity contribution >= 4 is 21.6 Å². The van der Waals surface area contributed by atoms with Crippen LogP contribution in [0.4, 0.5) is 0 Å². The average Bonchev–Trinajstić information content (AvgIpc) is 2.69. The Kier molecular flexibility index (Phi) is 3.45. The highest BCUT2D eigenvalue weighted by atomic mass is 35.5. The Labute approximate surface area is 106 Å². The van der Waals surface area contributed by atoms with E-state index in [1.165, 1.54) is 4.31 Å². The normalized spacial score (nSPS) is 21.9. The Balaban J connectivity index is 2.42. The predicted octanol–water partition coefficient (Wildman–Crippen LogP) is 1.40. The van der Waals surface area contributed by atoms with E-state index in [1.807, 2.05) is 0 Å². The molecule has 0 radical (unpaired) electrons. The lowest BCUT2D eigenvalue weighted by Gasteiger charge is -2.17. The van der Waals surface area contributed by atoms with E-state index >= 15 is 0 Å². The molecule has 0 aliphatic carbocycles. The second-order valence-electron chi connectivity index (χ2n) is 4.17. The maximum absolute atomic E-state index is 12.3. The summed E-state index contributed by atoms with van der Waals surface area (Å²) in [6, 6.07) is 4.82. The molecular formula is C11H14ClNO3S. The van der Waals surface area contributed by atoms with Crippen LogP contribution in [0.1, 0.15) is 12.0 Å². The van der Waals surface area contributed by atoms with Crippen LogP contribution < -0.4 is 0 Å². The second kappa shape index (κ2) is 4.57. The van der Waals surface area contributed by atoms with E-state index in [0.717, 1.165) is 0 Å². The smallest absolute Gasteiger partial charge is 0.243 e. The van der Waals surface area contributed by atoms with Gasteiger partial charge in [-0.3, -0.25) is 0 Å². The van der Waals surface area contributed by atoms with Crippen molar-refractivity contribution in [1.29, 1.82) is 0 Å². The number of benzene rings is 1. The Bertz CT molecular complexity index is 530. The van der Waals surface area contributed by atoms with E-state index in [0.29, 0.717) is 23.6 Å². The first-order valence-electron chi connectivity index (χ1n) is 5.36. The summed E-state index contributed by atoms with van der Waals surface area (Å²) in [6.07, 6.45) is -0.0805. The molecule has 0 spiro atoms. The number of rotatable bonds is 2. The van der Waals surface area contributed by atoms with E-state index < -0.39 is 16.1 Å². The first kappa shape index (κ1) is 12.8. The molecule has 1 aliphatic heterocycles. The quantitative estimate of drug-likeness (QED) is 0.888. The van der Waals surface area contributed by atoms with Gasteiger partial charge in [0.1, 0.15) is 0 Å². The molecule has 1 atom stereocenters. The molecule has 1 aromatic rings. The van der Waals surface area contributed by atoms with Gasteiger partial charge in [0.05, 0.1) is 11.0 Å². The molecule has 0 amide bonds. The van der Waals surface area contributed by atoms with Crippen LogP contribution >= 0.6 is 11.6 Å². The first-order chi connectivity index (χ1) is 7.93. The summed E-state index contributed by atoms with van der Waals surface area (Å²) in [4.78, 5) is 0.221. The van der Waals surface area contributed by atoms with Crippen molar-refractivity contribution in [2.45, 2.75) is 24.3 Å². The van der Waals surface area contributed by atoms with Crippen molar-refractivity contribution in [3.05, 3.63) is 28.8 Å². The number of nitrogens with zero attached hydrogens (tertiary/aromatic N) is 1. The van der Waals surface area contributed by atoms with E-state index in [4.69, 9.17) is 11.6 Å². The monoisotopic (exact) mass is 275 g/mol. The van der Waals surface area contributed by atoms with E-state index in [9.17, 15) is 13.5 Å². The molecule has 1 heterocycles. The zero-order valence-corrected chi connectivity index (χ0v) is 11.0. The van der Waals surface area contributed by atoms with Gasteiger partial charge in [0.15, 0.2) is 0 Å². The van der Waals surface area contributed by atoms with Crippen LogP contribution in [0, 0.1) is 6.92 Å². The zero-order valence-electron chi connectivity index (χ0n) is 9.43. The highest BCUT2D eigenvalue weighted by molar-refractivity contribution is 7.89. The minimum Gasteiger partial charge on any atom is -0.392 e. The van der Waals surface area contributed by atoms with Crippen molar-refractivity contribution in [3.63, 3.8) is 0 Å². The molecule has 6 heteroatoms. The molecule has 0 aromatic heterocycles. The lowest BCUT2D eigenvalue weighted by Crippen LogP contribution is -2.30. The standard InChI is InChI=1S/C11H14ClNO3S/c1-8-10(12)3-2-4-11(8)17(15,16)13-6-5-9(14)7-13/h2-4,9,14H,5-7H2,1H3/t9-/m1/s1. The highest BCUT2D eigenvalue weighted by Crippen LogP contribution is 2.27. The van der Waals surface area contributed by atoms with Gasteiger partial charge in [0, 0.05) is 18.1 Å². The third kappa shape index (κ3) is 2.33. The number of hydrogen-bond donors (Lipinski definition) is 1. The van der Waals surface area contributed by atoms with Gasteiger partial charge < -0.3 is 5.11 Å². The van der Waals surface area contributed by atoms with Gasteiger partial charge >= 0.3 is 0 Å². The van der Waals surface area contributed by atoms with Crippen molar-refractivity contribution in [3.8, 4) is 0 Å². The molecule has 0 saturated carbocycles. The molecule has 0 unspecified atom stereocenters. The summed E-state index contributed by atoms with van der Waals surface area (Å²) in [5.41, 5.74) is 0.551. The molecular weight excluding hydrogens is 262 g/mol. The summed E-state index contributed by atoms with van der Waals surface area (Å²) in [6.45, 7) is 2.20. The second-order valence-corrected chi connectivity index (χ2v) is 6.48. The number of sulfonamides is 1. The summed E-state index contributed by atoms with van der Waals surface area (Å²) in [7, 11) is -3.54. The fourth-order valence-corrected chi connectivity index (χ4v) is 3.91. The highest BCUT2D eigenvalue weighted by Gasteiger charge is 2.32. The Morgan fingerprint density at radius 3 is 2.76 bits per heavy atom. The predicted molar refractivity (Wildman–Crippen MR) is 65.6 cm³/mol. The van der Waals surface area contributed by atoms with Crippen LogP contribution in [0.25, 0.3) is 0 Å². The van der Waals surface area contributed by atoms with Gasteiger partial charge in [-0.1, -0.05) is 17.7 Å². The first-order valence-corrected chi connectivity index (χ1v) is 7.18. The molecule has 1 aromatic carbocycles. The van der Waals surface area contributed by atoms with Crippen LogP contribution in [-0.2, 0) is 10.0 Å². The summed E-state index contributed by atoms with van der Waals surface area (Å²) >= 11 is 5.92. The van der Waals surface area contributed by atoms with Gasteiger partial charge in [-0.25, -0.2) is 8.42 Å². The molecule has 1 fully saturated rings.